The number of nitrogens with one attached hydrogen (secondary N) is 1. The number of rotatable bonds is 7. The molecule has 0 radical (unpaired) electrons. The summed E-state index contributed by atoms with van der Waals surface area (Å²) >= 11 is 0. The van der Waals surface area contributed by atoms with E-state index in [0.717, 1.165) is 45.3 Å². The lowest BCUT2D eigenvalue weighted by Crippen LogP contribution is -2.30. The molecule has 3 N–H and O–H groups in total. The Morgan fingerprint density at radius 1 is 1.25 bits per heavy atom. The largest absolute Gasteiger partial charge is 0.494 e. The number of ether oxygens (including phenoxy) is 2. The van der Waals surface area contributed by atoms with E-state index in [2.05, 4.69) is 15.3 Å². The van der Waals surface area contributed by atoms with Gasteiger partial charge in [-0.05, 0) is 32.1 Å². The molecule has 0 amide bonds. The standard InChI is InChI=1S/C14H24N4O2/c1-19-13-9-17-14(18-10-13)16-7-2-8-20-12-5-3-11(15)4-6-12/h9-12H,2-8,15H2,1H3,(H,16,17,18). The van der Waals surface area contributed by atoms with E-state index >= 15 is 0 Å². The SMILES string of the molecule is COc1cnc(NCCCOC2CCC(N)CC2)nc1. The monoisotopic (exact) mass is 280 g/mol. The minimum atomic E-state index is 0.378. The average Bonchev–Trinajstić information content (AvgIpc) is 2.49. The molecule has 0 bridgehead atoms. The third-order valence-corrected chi connectivity index (χ3v) is 3.54. The lowest BCUT2D eigenvalue weighted by Gasteiger charge is -2.26. The van der Waals surface area contributed by atoms with Gasteiger partial charge in [0.15, 0.2) is 5.75 Å². The first kappa shape index (κ1) is 15.0. The van der Waals surface area contributed by atoms with Crippen LogP contribution in [0, 0.1) is 0 Å². The van der Waals surface area contributed by atoms with E-state index < -0.39 is 0 Å². The minimum Gasteiger partial charge on any atom is -0.494 e. The van der Waals surface area contributed by atoms with Crippen LogP contribution in [0.1, 0.15) is 32.1 Å². The Kier molecular flexibility index (Phi) is 6.01. The topological polar surface area (TPSA) is 82.3 Å². The summed E-state index contributed by atoms with van der Waals surface area (Å²) in [5.74, 6) is 1.28. The molecule has 0 saturated heterocycles. The fourth-order valence-electron chi connectivity index (χ4n) is 2.29. The number of hydrogen-bond donors (Lipinski definition) is 2. The molecule has 6 heteroatoms. The zero-order chi connectivity index (χ0) is 14.2. The van der Waals surface area contributed by atoms with Crippen molar-refractivity contribution >= 4 is 5.95 Å². The van der Waals surface area contributed by atoms with Crippen molar-refractivity contribution < 1.29 is 9.47 Å². The maximum Gasteiger partial charge on any atom is 0.222 e. The molecule has 1 aromatic rings. The van der Waals surface area contributed by atoms with Crippen molar-refractivity contribution in [1.29, 1.82) is 0 Å². The quantitative estimate of drug-likeness (QED) is 0.738. The first-order valence-electron chi connectivity index (χ1n) is 7.25. The second-order valence-electron chi connectivity index (χ2n) is 5.13. The zero-order valence-corrected chi connectivity index (χ0v) is 12.0. The summed E-state index contributed by atoms with van der Waals surface area (Å²) in [6, 6.07) is 0.378. The summed E-state index contributed by atoms with van der Waals surface area (Å²) in [6.07, 6.45) is 9.00. The molecule has 1 saturated carbocycles. The van der Waals surface area contributed by atoms with Crippen LogP contribution < -0.4 is 15.8 Å². The molecular weight excluding hydrogens is 256 g/mol. The van der Waals surface area contributed by atoms with E-state index in [1.54, 1.807) is 19.5 Å². The van der Waals surface area contributed by atoms with Crippen molar-refractivity contribution in [2.75, 3.05) is 25.6 Å². The van der Waals surface area contributed by atoms with Crippen LogP contribution in [0.3, 0.4) is 0 Å². The van der Waals surface area contributed by atoms with Crippen LogP contribution >= 0.6 is 0 Å². The molecule has 0 spiro atoms. The fraction of sp³-hybridized carbons (Fsp3) is 0.714. The van der Waals surface area contributed by atoms with Crippen LogP contribution in [0.25, 0.3) is 0 Å². The van der Waals surface area contributed by atoms with E-state index in [1.807, 2.05) is 0 Å². The summed E-state index contributed by atoms with van der Waals surface area (Å²) in [6.45, 7) is 1.57. The highest BCUT2D eigenvalue weighted by Gasteiger charge is 2.18. The summed E-state index contributed by atoms with van der Waals surface area (Å²) in [5, 5.41) is 3.16. The molecule has 20 heavy (non-hydrogen) atoms. The molecule has 0 aromatic carbocycles. The third kappa shape index (κ3) is 4.94. The van der Waals surface area contributed by atoms with Crippen molar-refractivity contribution in [3.63, 3.8) is 0 Å². The number of methoxy groups -OCH3 is 1. The van der Waals surface area contributed by atoms with Gasteiger partial charge in [0, 0.05) is 19.2 Å². The van der Waals surface area contributed by atoms with Gasteiger partial charge in [0.25, 0.3) is 0 Å². The second kappa shape index (κ2) is 8.01. The van der Waals surface area contributed by atoms with Crippen LogP contribution in [-0.2, 0) is 4.74 Å². The summed E-state index contributed by atoms with van der Waals surface area (Å²) in [7, 11) is 1.60. The Balaban J connectivity index is 1.55. The molecule has 2 rings (SSSR count). The molecule has 0 aliphatic heterocycles. The molecular formula is C14H24N4O2. The lowest BCUT2D eigenvalue weighted by molar-refractivity contribution is 0.0251. The maximum absolute atomic E-state index is 5.87. The Labute approximate surface area is 120 Å². The van der Waals surface area contributed by atoms with E-state index in [-0.39, 0.29) is 0 Å². The van der Waals surface area contributed by atoms with Crippen molar-refractivity contribution in [2.24, 2.45) is 5.73 Å². The highest BCUT2D eigenvalue weighted by atomic mass is 16.5. The van der Waals surface area contributed by atoms with Gasteiger partial charge in [-0.1, -0.05) is 0 Å². The van der Waals surface area contributed by atoms with Crippen molar-refractivity contribution in [3.8, 4) is 5.75 Å². The molecule has 6 nitrogen and oxygen atoms in total. The highest BCUT2D eigenvalue weighted by molar-refractivity contribution is 5.26. The van der Waals surface area contributed by atoms with Gasteiger partial charge in [0.2, 0.25) is 5.95 Å². The molecule has 1 aliphatic rings. The Bertz CT molecular complexity index is 377. The molecule has 1 aromatic heterocycles. The summed E-state index contributed by atoms with van der Waals surface area (Å²) in [5.41, 5.74) is 5.87. The van der Waals surface area contributed by atoms with Crippen LogP contribution in [-0.4, -0.2) is 42.4 Å². The Morgan fingerprint density at radius 2 is 1.95 bits per heavy atom. The number of nitrogens with zero attached hydrogens (tertiary/aromatic N) is 2. The molecule has 1 heterocycles. The van der Waals surface area contributed by atoms with Crippen LogP contribution in [0.15, 0.2) is 12.4 Å². The first-order valence-corrected chi connectivity index (χ1v) is 7.25. The van der Waals surface area contributed by atoms with Crippen molar-refractivity contribution in [2.45, 2.75) is 44.2 Å². The highest BCUT2D eigenvalue weighted by Crippen LogP contribution is 2.19. The van der Waals surface area contributed by atoms with Crippen molar-refractivity contribution in [1.82, 2.24) is 9.97 Å². The van der Waals surface area contributed by atoms with Gasteiger partial charge in [-0.25, -0.2) is 9.97 Å². The first-order chi connectivity index (χ1) is 9.78. The smallest absolute Gasteiger partial charge is 0.222 e. The van der Waals surface area contributed by atoms with Gasteiger partial charge in [0.1, 0.15) is 0 Å². The maximum atomic E-state index is 5.87. The third-order valence-electron chi connectivity index (χ3n) is 3.54. The van der Waals surface area contributed by atoms with Crippen molar-refractivity contribution in [3.05, 3.63) is 12.4 Å². The minimum absolute atomic E-state index is 0.378. The zero-order valence-electron chi connectivity index (χ0n) is 12.0. The normalized spacial score (nSPS) is 22.5. The van der Waals surface area contributed by atoms with Gasteiger partial charge in [-0.3, -0.25) is 0 Å². The molecule has 1 fully saturated rings. The van der Waals surface area contributed by atoms with E-state index in [4.69, 9.17) is 15.2 Å². The van der Waals surface area contributed by atoms with Crippen LogP contribution in [0.4, 0.5) is 5.95 Å². The lowest BCUT2D eigenvalue weighted by atomic mass is 9.94. The number of anilines is 1. The second-order valence-corrected chi connectivity index (χ2v) is 5.13. The number of aromatic nitrogens is 2. The summed E-state index contributed by atoms with van der Waals surface area (Å²) < 4.78 is 10.9. The molecule has 112 valence electrons. The summed E-state index contributed by atoms with van der Waals surface area (Å²) in [4.78, 5) is 8.29. The molecule has 0 unspecified atom stereocenters. The predicted molar refractivity (Wildman–Crippen MR) is 77.9 cm³/mol. The van der Waals surface area contributed by atoms with Gasteiger partial charge in [-0.15, -0.1) is 0 Å². The van der Waals surface area contributed by atoms with Crippen LogP contribution in [0.5, 0.6) is 5.75 Å². The van der Waals surface area contributed by atoms with Gasteiger partial charge in [0.05, 0.1) is 25.6 Å². The van der Waals surface area contributed by atoms with E-state index in [0.29, 0.717) is 23.8 Å². The van der Waals surface area contributed by atoms with E-state index in [1.165, 1.54) is 0 Å². The van der Waals surface area contributed by atoms with E-state index in [9.17, 15) is 0 Å². The fourth-order valence-corrected chi connectivity index (χ4v) is 2.29. The average molecular weight is 280 g/mol. The molecule has 1 aliphatic carbocycles. The molecule has 0 atom stereocenters. The van der Waals surface area contributed by atoms with Gasteiger partial charge in [-0.2, -0.15) is 0 Å². The Morgan fingerprint density at radius 3 is 2.60 bits per heavy atom. The predicted octanol–water partition coefficient (Wildman–Crippen LogP) is 1.57. The number of hydrogen-bond acceptors (Lipinski definition) is 6. The number of nitrogens with two attached hydrogens (primary N) is 1. The van der Waals surface area contributed by atoms with Crippen LogP contribution in [0.2, 0.25) is 0 Å². The van der Waals surface area contributed by atoms with Gasteiger partial charge < -0.3 is 20.5 Å². The Hall–Kier alpha value is -1.40. The van der Waals surface area contributed by atoms with Gasteiger partial charge >= 0.3 is 0 Å².